The lowest BCUT2D eigenvalue weighted by Crippen LogP contribution is -2.06. The maximum Gasteiger partial charge on any atom is 0.151 e. The predicted octanol–water partition coefficient (Wildman–Crippen LogP) is 12.6. The molecule has 4 aromatic heterocycles. The van der Waals surface area contributed by atoms with Crippen molar-refractivity contribution in [3.05, 3.63) is 118 Å². The van der Waals surface area contributed by atoms with Gasteiger partial charge in [-0.05, 0) is 86.4 Å². The molecule has 51 heavy (non-hydrogen) atoms. The van der Waals surface area contributed by atoms with Crippen LogP contribution in [0.2, 0.25) is 0 Å². The van der Waals surface area contributed by atoms with E-state index in [1.165, 1.54) is 35.1 Å². The van der Waals surface area contributed by atoms with Gasteiger partial charge in [-0.25, -0.2) is 0 Å². The van der Waals surface area contributed by atoms with Crippen molar-refractivity contribution in [3.8, 4) is 0 Å². The molecule has 286 valence electrons. The summed E-state index contributed by atoms with van der Waals surface area (Å²) < 4.78 is 0. The van der Waals surface area contributed by atoms with Gasteiger partial charge in [0.25, 0.3) is 0 Å². The number of amidine groups is 1. The number of alkyl halides is 4. The van der Waals surface area contributed by atoms with E-state index in [0.29, 0.717) is 11.8 Å². The predicted molar refractivity (Wildman–Crippen MR) is 240 cm³/mol. The number of pyridine rings is 4. The number of aryl methyl sites for hydroxylation is 4. The van der Waals surface area contributed by atoms with Gasteiger partial charge in [-0.3, -0.25) is 25.3 Å². The summed E-state index contributed by atoms with van der Waals surface area (Å²) in [5, 5.41) is 8.79. The smallest absolute Gasteiger partial charge is 0.151 e. The molecule has 0 radical (unpaired) electrons. The van der Waals surface area contributed by atoms with Crippen molar-refractivity contribution >= 4 is 91.2 Å². The Kier molecular flexibility index (Phi) is 34.6. The van der Waals surface area contributed by atoms with E-state index in [0.717, 1.165) is 67.6 Å². The third kappa shape index (κ3) is 27.7. The van der Waals surface area contributed by atoms with Crippen LogP contribution in [0.25, 0.3) is 0 Å². The molecule has 1 aliphatic heterocycles. The number of rotatable bonds is 9. The number of hydrogen-bond donors (Lipinski definition) is 2. The van der Waals surface area contributed by atoms with Gasteiger partial charge in [0.15, 0.2) is 5.17 Å². The molecule has 0 aromatic carbocycles. The highest BCUT2D eigenvalue weighted by Crippen LogP contribution is 2.41. The number of hydrogen-bond acceptors (Lipinski definition) is 8. The van der Waals surface area contributed by atoms with E-state index in [-0.39, 0.29) is 14.0 Å². The minimum Gasteiger partial charge on any atom is -0.379 e. The molecule has 1 atom stereocenters. The Bertz CT molecular complexity index is 1390. The van der Waals surface area contributed by atoms with Gasteiger partial charge < -0.3 is 5.73 Å². The van der Waals surface area contributed by atoms with E-state index in [9.17, 15) is 0 Å². The lowest BCUT2D eigenvalue weighted by molar-refractivity contribution is 0.841. The first-order valence-corrected chi connectivity index (χ1v) is 22.1. The monoisotopic (exact) mass is 878 g/mol. The van der Waals surface area contributed by atoms with Gasteiger partial charge >= 0.3 is 0 Å². The average Bonchev–Trinajstić information content (AvgIpc) is 3.11. The van der Waals surface area contributed by atoms with Crippen LogP contribution in [0.3, 0.4) is 0 Å². The number of nitrogens with zero attached hydrogens (tertiary/aromatic N) is 4. The summed E-state index contributed by atoms with van der Waals surface area (Å²) >= 11 is 24.5. The van der Waals surface area contributed by atoms with E-state index < -0.39 is 0 Å². The van der Waals surface area contributed by atoms with Crippen LogP contribution in [0.4, 0.5) is 0 Å². The zero-order chi connectivity index (χ0) is 37.6. The number of halogens is 4. The van der Waals surface area contributed by atoms with Crippen molar-refractivity contribution in [2.75, 3.05) is 28.6 Å². The molecular formula is C38H58BrCl3N6S3. The summed E-state index contributed by atoms with van der Waals surface area (Å²) in [6.45, 7) is 11.9. The molecule has 5 rings (SSSR count). The highest BCUT2D eigenvalue weighted by atomic mass is 79.9. The SMILES string of the molecule is C.CC.Cc1ccc(C2CCS2)cn1.Cc1ccc(CCl)cn1.Cc1ccc(CSC(=N)N)cn1.Cc1ccc(CSCCCl)cn1.ClCCBr.[HH]. The van der Waals surface area contributed by atoms with Gasteiger partial charge in [-0.2, -0.15) is 23.5 Å². The molecule has 1 saturated heterocycles. The second kappa shape index (κ2) is 34.3. The number of nitrogens with two attached hydrogens (primary N) is 1. The molecule has 5 heterocycles. The second-order valence-corrected chi connectivity index (χ2v) is 15.5. The summed E-state index contributed by atoms with van der Waals surface area (Å²) in [6.07, 6.45) is 8.87. The van der Waals surface area contributed by atoms with Gasteiger partial charge in [0.1, 0.15) is 0 Å². The number of thioether (sulfide) groups is 3. The van der Waals surface area contributed by atoms with Crippen LogP contribution < -0.4 is 5.73 Å². The van der Waals surface area contributed by atoms with Gasteiger partial charge in [0, 0.05) is 94.5 Å². The van der Waals surface area contributed by atoms with E-state index in [4.69, 9.17) is 45.9 Å². The van der Waals surface area contributed by atoms with E-state index in [1.807, 2.05) is 114 Å². The number of nitrogens with one attached hydrogen (secondary N) is 1. The first-order valence-electron chi connectivity index (χ1n) is 16.2. The molecule has 0 bridgehead atoms. The fourth-order valence-corrected chi connectivity index (χ4v) is 5.76. The summed E-state index contributed by atoms with van der Waals surface area (Å²) in [4.78, 5) is 16.7. The molecule has 13 heteroatoms. The maximum absolute atomic E-state index is 7.01. The third-order valence-electron chi connectivity index (χ3n) is 6.03. The zero-order valence-corrected chi connectivity index (χ0v) is 36.3. The molecule has 0 aliphatic carbocycles. The van der Waals surface area contributed by atoms with Gasteiger partial charge in [0.05, 0.1) is 0 Å². The Labute approximate surface area is 346 Å². The van der Waals surface area contributed by atoms with Crippen molar-refractivity contribution in [1.29, 1.82) is 5.41 Å². The Morgan fingerprint density at radius 1 is 0.784 bits per heavy atom. The Morgan fingerprint density at radius 2 is 1.22 bits per heavy atom. The number of aromatic nitrogens is 4. The van der Waals surface area contributed by atoms with Crippen molar-refractivity contribution in [3.63, 3.8) is 0 Å². The van der Waals surface area contributed by atoms with Gasteiger partial charge in [-0.1, -0.05) is 73.2 Å². The molecule has 1 unspecified atom stereocenters. The lowest BCUT2D eigenvalue weighted by Gasteiger charge is -2.24. The van der Waals surface area contributed by atoms with Crippen LogP contribution in [0.15, 0.2) is 73.3 Å². The van der Waals surface area contributed by atoms with E-state index in [2.05, 4.69) is 54.1 Å². The minimum atomic E-state index is 0. The molecule has 0 amide bonds. The third-order valence-corrected chi connectivity index (χ3v) is 11.0. The van der Waals surface area contributed by atoms with E-state index in [1.54, 1.807) is 6.20 Å². The first kappa shape index (κ1) is 51.6. The topological polar surface area (TPSA) is 101 Å². The van der Waals surface area contributed by atoms with Crippen LogP contribution in [0, 0.1) is 33.1 Å². The van der Waals surface area contributed by atoms with Crippen molar-refractivity contribution < 1.29 is 1.43 Å². The molecule has 1 aliphatic rings. The quantitative estimate of drug-likeness (QED) is 0.0742. The summed E-state index contributed by atoms with van der Waals surface area (Å²) in [7, 11) is 0. The van der Waals surface area contributed by atoms with Crippen LogP contribution in [-0.2, 0) is 17.4 Å². The Morgan fingerprint density at radius 3 is 1.53 bits per heavy atom. The normalized spacial score (nSPS) is 12.0. The molecule has 1 fully saturated rings. The first-order chi connectivity index (χ1) is 24.1. The van der Waals surface area contributed by atoms with Crippen molar-refractivity contribution in [2.24, 2.45) is 5.73 Å². The van der Waals surface area contributed by atoms with Crippen LogP contribution in [0.5, 0.6) is 0 Å². The lowest BCUT2D eigenvalue weighted by atomic mass is 10.1. The standard InChI is InChI=1S/C9H12ClNS.C9H11NS.C8H11N3S.C7H8ClN.C2H4BrCl.C2H6.CH4.H2/c1-8-2-3-9(6-11-8)7-12-5-4-10;1-7-2-3-8(6-10-7)9-4-5-11-9;1-6-2-3-7(4-11-6)5-12-8(9)10;1-6-2-3-7(4-8)5-9-6;3-1-2-4;1-2;;/h2-3,6H,4-5,7H2,1H3;2-3,6,9H,4-5H2,1H3;2-4H,5H2,1H3,(H3,9,10);2-3,5H,4H2,1H3;1-2H2;1-2H3;1H4;1H. The minimum absolute atomic E-state index is 0. The van der Waals surface area contributed by atoms with Crippen LogP contribution in [0.1, 0.15) is 79.4 Å². The fraction of sp³-hybridized carbons (Fsp3) is 0.447. The molecular weight excluding hydrogens is 823 g/mol. The molecule has 4 aromatic rings. The summed E-state index contributed by atoms with van der Waals surface area (Å²) in [6, 6.07) is 16.3. The highest BCUT2D eigenvalue weighted by Gasteiger charge is 2.19. The van der Waals surface area contributed by atoms with Gasteiger partial charge in [0.2, 0.25) is 0 Å². The average molecular weight is 881 g/mol. The molecule has 0 saturated carbocycles. The maximum atomic E-state index is 7.01. The Balaban J connectivity index is -0.000000580. The molecule has 0 spiro atoms. The van der Waals surface area contributed by atoms with E-state index >= 15 is 0 Å². The zero-order valence-electron chi connectivity index (χ0n) is 30.0. The fourth-order valence-electron chi connectivity index (χ4n) is 3.32. The molecule has 3 N–H and O–H groups in total. The summed E-state index contributed by atoms with van der Waals surface area (Å²) in [5.41, 5.74) is 14.3. The summed E-state index contributed by atoms with van der Waals surface area (Å²) in [5.74, 6) is 6.05. The van der Waals surface area contributed by atoms with Crippen molar-refractivity contribution in [2.45, 2.75) is 78.0 Å². The van der Waals surface area contributed by atoms with Gasteiger partial charge in [-0.15, -0.1) is 34.8 Å². The van der Waals surface area contributed by atoms with Crippen LogP contribution >= 0.6 is 86.0 Å². The van der Waals surface area contributed by atoms with Crippen LogP contribution in [-0.4, -0.2) is 53.7 Å². The second-order valence-electron chi connectivity index (χ2n) is 10.2. The molecule has 6 nitrogen and oxygen atoms in total. The largest absolute Gasteiger partial charge is 0.379 e. The Hall–Kier alpha value is -1.53. The van der Waals surface area contributed by atoms with Crippen molar-refractivity contribution in [1.82, 2.24) is 19.9 Å². The highest BCUT2D eigenvalue weighted by molar-refractivity contribution is 9.09.